The van der Waals surface area contributed by atoms with Crippen molar-refractivity contribution in [3.8, 4) is 0 Å². The molecule has 3 atom stereocenters. The summed E-state index contributed by atoms with van der Waals surface area (Å²) in [4.78, 5) is 16.7. The van der Waals surface area contributed by atoms with E-state index < -0.39 is 9.84 Å². The second-order valence-electron chi connectivity index (χ2n) is 7.21. The number of sulfone groups is 1. The number of amides is 1. The molecule has 5 nitrogen and oxygen atoms in total. The van der Waals surface area contributed by atoms with Gasteiger partial charge in [-0.15, -0.1) is 0 Å². The Bertz CT molecular complexity index is 947. The van der Waals surface area contributed by atoms with Gasteiger partial charge < -0.3 is 4.90 Å². The fourth-order valence-corrected chi connectivity index (χ4v) is 6.28. The van der Waals surface area contributed by atoms with Gasteiger partial charge in [0.05, 0.1) is 24.1 Å². The van der Waals surface area contributed by atoms with Crippen LogP contribution in [0.4, 0.5) is 5.69 Å². The van der Waals surface area contributed by atoms with Gasteiger partial charge in [0.2, 0.25) is 5.91 Å². The summed E-state index contributed by atoms with van der Waals surface area (Å²) in [5.74, 6) is -0.0190. The highest BCUT2D eigenvalue weighted by Gasteiger charge is 2.50. The lowest BCUT2D eigenvalue weighted by atomic mass is 9.98. The molecule has 0 unspecified atom stereocenters. The largest absolute Gasteiger partial charge is 0.306 e. The van der Waals surface area contributed by atoms with Crippen LogP contribution in [0, 0.1) is 0 Å². The van der Waals surface area contributed by atoms with Gasteiger partial charge in [-0.1, -0.05) is 41.9 Å². The Hall–Kier alpha value is -1.89. The number of hydrogen-bond acceptors (Lipinski definition) is 4. The van der Waals surface area contributed by atoms with Crippen LogP contribution in [0.1, 0.15) is 18.5 Å². The molecule has 4 rings (SSSR count). The summed E-state index contributed by atoms with van der Waals surface area (Å²) in [6.07, 6.45) is 0. The highest BCUT2D eigenvalue weighted by molar-refractivity contribution is 7.91. The van der Waals surface area contributed by atoms with Crippen molar-refractivity contribution in [2.45, 2.75) is 25.0 Å². The Morgan fingerprint density at radius 2 is 1.63 bits per heavy atom. The Labute approximate surface area is 164 Å². The molecule has 2 aromatic carbocycles. The van der Waals surface area contributed by atoms with Gasteiger partial charge in [0.25, 0.3) is 0 Å². The van der Waals surface area contributed by atoms with Crippen LogP contribution in [0.15, 0.2) is 54.6 Å². The van der Waals surface area contributed by atoms with Gasteiger partial charge in [0, 0.05) is 22.8 Å². The van der Waals surface area contributed by atoms with Crippen molar-refractivity contribution in [2.24, 2.45) is 0 Å². The second-order valence-corrected chi connectivity index (χ2v) is 9.80. The predicted molar refractivity (Wildman–Crippen MR) is 107 cm³/mol. The lowest BCUT2D eigenvalue weighted by Gasteiger charge is -2.46. The van der Waals surface area contributed by atoms with Crippen molar-refractivity contribution < 1.29 is 13.2 Å². The number of halogens is 1. The molecule has 1 amide bonds. The van der Waals surface area contributed by atoms with Crippen LogP contribution >= 0.6 is 11.6 Å². The molecule has 2 aromatic rings. The number of benzene rings is 2. The van der Waals surface area contributed by atoms with Crippen LogP contribution in [0.25, 0.3) is 0 Å². The zero-order valence-corrected chi connectivity index (χ0v) is 16.5. The average Bonchev–Trinajstić information content (AvgIpc) is 2.97. The summed E-state index contributed by atoms with van der Waals surface area (Å²) in [7, 11) is -3.21. The van der Waals surface area contributed by atoms with E-state index in [1.54, 1.807) is 29.2 Å². The third kappa shape index (κ3) is 3.49. The summed E-state index contributed by atoms with van der Waals surface area (Å²) >= 11 is 5.97. The minimum atomic E-state index is -3.21. The number of hydrogen-bond donors (Lipinski definition) is 0. The molecule has 2 aliphatic rings. The third-order valence-electron chi connectivity index (χ3n) is 5.52. The van der Waals surface area contributed by atoms with Crippen LogP contribution in [-0.2, 0) is 14.6 Å². The number of fused-ring (bicyclic) bond motifs is 1. The van der Waals surface area contributed by atoms with Gasteiger partial charge in [0.15, 0.2) is 9.84 Å². The average molecular weight is 405 g/mol. The van der Waals surface area contributed by atoms with Crippen LogP contribution < -0.4 is 4.90 Å². The molecular weight excluding hydrogens is 384 g/mol. The van der Waals surface area contributed by atoms with Gasteiger partial charge in [-0.3, -0.25) is 9.69 Å². The molecule has 0 aliphatic carbocycles. The quantitative estimate of drug-likeness (QED) is 0.789. The number of piperazine rings is 1. The second kappa shape index (κ2) is 6.93. The van der Waals surface area contributed by atoms with E-state index in [4.69, 9.17) is 11.6 Å². The molecule has 2 heterocycles. The number of rotatable bonds is 3. The third-order valence-corrected chi connectivity index (χ3v) is 7.47. The molecule has 0 saturated carbocycles. The zero-order valence-electron chi connectivity index (χ0n) is 15.0. The molecule has 2 aliphatic heterocycles. The first-order chi connectivity index (χ1) is 12.9. The van der Waals surface area contributed by atoms with Crippen LogP contribution in [0.2, 0.25) is 5.02 Å². The molecular formula is C20H21ClN2O3S. The topological polar surface area (TPSA) is 57.7 Å². The van der Waals surface area contributed by atoms with Gasteiger partial charge in [0.1, 0.15) is 0 Å². The predicted octanol–water partition coefficient (Wildman–Crippen LogP) is 2.92. The first-order valence-electron chi connectivity index (χ1n) is 8.94. The Kier molecular flexibility index (Phi) is 4.74. The fraction of sp³-hybridized carbons (Fsp3) is 0.350. The maximum absolute atomic E-state index is 13.0. The van der Waals surface area contributed by atoms with Crippen LogP contribution in [-0.4, -0.2) is 49.4 Å². The number of carbonyl (C=O) groups excluding carboxylic acids is 1. The molecule has 27 heavy (non-hydrogen) atoms. The molecule has 0 spiro atoms. The first kappa shape index (κ1) is 18.5. The smallest absolute Gasteiger partial charge is 0.241 e. The SMILES string of the molecule is C[C@H](c1ccccc1)N1CC(=O)N(c2ccc(Cl)cc2)[C@@H]2CS(=O)(=O)C[C@@H]21. The molecule has 2 saturated heterocycles. The number of nitrogens with zero attached hydrogens (tertiary/aromatic N) is 2. The summed E-state index contributed by atoms with van der Waals surface area (Å²) in [5, 5.41) is 0.582. The number of anilines is 1. The minimum absolute atomic E-state index is 0.00988. The van der Waals surface area contributed by atoms with E-state index in [1.165, 1.54) is 0 Å². The van der Waals surface area contributed by atoms with Crippen molar-refractivity contribution >= 4 is 33.0 Å². The van der Waals surface area contributed by atoms with Crippen molar-refractivity contribution in [1.29, 1.82) is 0 Å². The Morgan fingerprint density at radius 1 is 1.00 bits per heavy atom. The Morgan fingerprint density at radius 3 is 2.30 bits per heavy atom. The van der Waals surface area contributed by atoms with Crippen molar-refractivity contribution in [3.63, 3.8) is 0 Å². The number of carbonyl (C=O) groups is 1. The summed E-state index contributed by atoms with van der Waals surface area (Å²) in [6, 6.07) is 16.2. The molecule has 0 bridgehead atoms. The zero-order chi connectivity index (χ0) is 19.2. The van der Waals surface area contributed by atoms with E-state index >= 15 is 0 Å². The lowest BCUT2D eigenvalue weighted by molar-refractivity contribution is -0.124. The van der Waals surface area contributed by atoms with Gasteiger partial charge in [-0.05, 0) is 36.8 Å². The normalized spacial score (nSPS) is 26.0. The first-order valence-corrected chi connectivity index (χ1v) is 11.1. The molecule has 7 heteroatoms. The maximum atomic E-state index is 13.0. The van der Waals surface area contributed by atoms with Crippen molar-refractivity contribution in [1.82, 2.24) is 4.90 Å². The summed E-state index contributed by atoms with van der Waals surface area (Å²) in [6.45, 7) is 2.22. The molecule has 0 radical (unpaired) electrons. The van der Waals surface area contributed by atoms with Crippen molar-refractivity contribution in [3.05, 3.63) is 65.2 Å². The van der Waals surface area contributed by atoms with Crippen LogP contribution in [0.5, 0.6) is 0 Å². The molecule has 142 valence electrons. The van der Waals surface area contributed by atoms with E-state index in [2.05, 4.69) is 0 Å². The fourth-order valence-electron chi connectivity index (χ4n) is 4.19. The van der Waals surface area contributed by atoms with Crippen molar-refractivity contribution in [2.75, 3.05) is 23.0 Å². The van der Waals surface area contributed by atoms with Crippen LogP contribution in [0.3, 0.4) is 0 Å². The highest BCUT2D eigenvalue weighted by Crippen LogP contribution is 2.36. The van der Waals surface area contributed by atoms with E-state index in [1.807, 2.05) is 42.2 Å². The Balaban J connectivity index is 1.71. The molecule has 0 aromatic heterocycles. The monoisotopic (exact) mass is 404 g/mol. The summed E-state index contributed by atoms with van der Waals surface area (Å²) in [5.41, 5.74) is 1.77. The minimum Gasteiger partial charge on any atom is -0.306 e. The highest BCUT2D eigenvalue weighted by atomic mass is 35.5. The molecule has 0 N–H and O–H groups in total. The molecule has 2 fully saturated rings. The van der Waals surface area contributed by atoms with E-state index in [-0.39, 0.29) is 42.1 Å². The summed E-state index contributed by atoms with van der Waals surface area (Å²) < 4.78 is 24.9. The van der Waals surface area contributed by atoms with E-state index in [0.717, 1.165) is 5.56 Å². The van der Waals surface area contributed by atoms with E-state index in [0.29, 0.717) is 10.7 Å². The van der Waals surface area contributed by atoms with E-state index in [9.17, 15) is 13.2 Å². The van der Waals surface area contributed by atoms with Gasteiger partial charge in [-0.2, -0.15) is 0 Å². The van der Waals surface area contributed by atoms with Gasteiger partial charge in [-0.25, -0.2) is 8.42 Å². The lowest BCUT2D eigenvalue weighted by Crippen LogP contribution is -2.62. The van der Waals surface area contributed by atoms with Gasteiger partial charge >= 0.3 is 0 Å². The maximum Gasteiger partial charge on any atom is 0.241 e. The standard InChI is InChI=1S/C20H21ClN2O3S/c1-14(15-5-3-2-4-6-15)22-11-20(24)23(17-9-7-16(21)8-10-17)19-13-27(25,26)12-18(19)22/h2-10,14,18-19H,11-13H2,1H3/t14-,18+,19-/m1/s1.